The maximum atomic E-state index is 5.05. The third-order valence-electron chi connectivity index (χ3n) is 7.34. The van der Waals surface area contributed by atoms with Crippen molar-refractivity contribution in [3.63, 3.8) is 0 Å². The Hall–Kier alpha value is -3.88. The Kier molecular flexibility index (Phi) is 6.74. The molecule has 1 aliphatic rings. The van der Waals surface area contributed by atoms with Crippen LogP contribution in [0.15, 0.2) is 67.0 Å². The Morgan fingerprint density at radius 1 is 0.868 bits per heavy atom. The van der Waals surface area contributed by atoms with Crippen molar-refractivity contribution in [3.05, 3.63) is 72.7 Å². The van der Waals surface area contributed by atoms with Gasteiger partial charge in [-0.25, -0.2) is 9.97 Å². The van der Waals surface area contributed by atoms with Gasteiger partial charge in [0.15, 0.2) is 0 Å². The second-order valence-corrected chi connectivity index (χ2v) is 10.3. The summed E-state index contributed by atoms with van der Waals surface area (Å²) in [5.41, 5.74) is 7.97. The number of aromatic nitrogens is 5. The van der Waals surface area contributed by atoms with E-state index in [0.717, 1.165) is 90.1 Å². The topological polar surface area (TPSA) is 74.5 Å². The minimum atomic E-state index is 0.626. The first kappa shape index (κ1) is 24.5. The molecule has 0 unspecified atom stereocenters. The van der Waals surface area contributed by atoms with Crippen LogP contribution in [0, 0.1) is 6.92 Å². The first-order chi connectivity index (χ1) is 18.5. The van der Waals surface area contributed by atoms with E-state index >= 15 is 0 Å². The second-order valence-electron chi connectivity index (χ2n) is 10.3. The molecule has 5 aromatic heterocycles. The summed E-state index contributed by atoms with van der Waals surface area (Å²) in [6, 6.07) is 18.8. The van der Waals surface area contributed by atoms with Crippen molar-refractivity contribution < 1.29 is 0 Å². The summed E-state index contributed by atoms with van der Waals surface area (Å²) in [6.07, 6.45) is 3.93. The average molecular weight is 507 g/mol. The lowest BCUT2D eigenvalue weighted by molar-refractivity contribution is 0.111. The summed E-state index contributed by atoms with van der Waals surface area (Å²) in [4.78, 5) is 24.5. The Labute approximate surface area is 223 Å². The summed E-state index contributed by atoms with van der Waals surface area (Å²) in [5.74, 6) is 0. The number of piperazine rings is 1. The van der Waals surface area contributed by atoms with E-state index in [1.54, 1.807) is 0 Å². The molecule has 0 bridgehead atoms. The molecule has 6 heterocycles. The number of nitrogens with zero attached hydrogens (tertiary/aromatic N) is 7. The van der Waals surface area contributed by atoms with Crippen LogP contribution in [0.2, 0.25) is 0 Å². The summed E-state index contributed by atoms with van der Waals surface area (Å²) >= 11 is 0. The molecule has 1 fully saturated rings. The maximum absolute atomic E-state index is 5.05. The Morgan fingerprint density at radius 3 is 2.55 bits per heavy atom. The van der Waals surface area contributed by atoms with E-state index in [1.807, 2.05) is 67.8 Å². The van der Waals surface area contributed by atoms with Crippen molar-refractivity contribution in [1.82, 2.24) is 34.1 Å². The van der Waals surface area contributed by atoms with Crippen LogP contribution in [0.1, 0.15) is 19.5 Å². The molecule has 8 nitrogen and oxygen atoms in total. The lowest BCUT2D eigenvalue weighted by Crippen LogP contribution is -2.49. The number of aryl methyl sites for hydroxylation is 1. The molecule has 0 amide bonds. The normalized spacial score (nSPS) is 15.1. The number of hydrogen-bond acceptors (Lipinski definition) is 7. The molecule has 194 valence electrons. The number of pyridine rings is 4. The van der Waals surface area contributed by atoms with Crippen LogP contribution < -0.4 is 5.32 Å². The van der Waals surface area contributed by atoms with Gasteiger partial charge in [0, 0.05) is 57.2 Å². The molecule has 0 aliphatic carbocycles. The van der Waals surface area contributed by atoms with Gasteiger partial charge in [-0.2, -0.15) is 0 Å². The fourth-order valence-corrected chi connectivity index (χ4v) is 5.19. The molecular formula is C30H34N8. The van der Waals surface area contributed by atoms with Gasteiger partial charge >= 0.3 is 0 Å². The van der Waals surface area contributed by atoms with Crippen LogP contribution in [0.25, 0.3) is 39.5 Å². The van der Waals surface area contributed by atoms with E-state index < -0.39 is 0 Å². The zero-order valence-corrected chi connectivity index (χ0v) is 22.3. The van der Waals surface area contributed by atoms with Gasteiger partial charge in [0.1, 0.15) is 17.0 Å². The highest BCUT2D eigenvalue weighted by molar-refractivity contribution is 5.84. The monoisotopic (exact) mass is 506 g/mol. The van der Waals surface area contributed by atoms with Crippen LogP contribution >= 0.6 is 0 Å². The highest BCUT2D eigenvalue weighted by atomic mass is 15.3. The number of hydrogen-bond donors (Lipinski definition) is 1. The van der Waals surface area contributed by atoms with Gasteiger partial charge in [-0.3, -0.25) is 24.2 Å². The molecule has 0 spiro atoms. The zero-order chi connectivity index (χ0) is 26.1. The minimum absolute atomic E-state index is 0.626. The number of rotatable bonds is 7. The average Bonchev–Trinajstić information content (AvgIpc) is 3.33. The predicted octanol–water partition coefficient (Wildman–Crippen LogP) is 4.75. The first-order valence-corrected chi connectivity index (χ1v) is 13.4. The molecule has 38 heavy (non-hydrogen) atoms. The minimum Gasteiger partial charge on any atom is -0.382 e. The summed E-state index contributed by atoms with van der Waals surface area (Å²) in [5, 5.41) is 3.56. The van der Waals surface area contributed by atoms with Gasteiger partial charge in [0.25, 0.3) is 0 Å². The highest BCUT2D eigenvalue weighted by Crippen LogP contribution is 2.32. The molecule has 0 radical (unpaired) electrons. The molecule has 5 aromatic rings. The Balaban J connectivity index is 1.26. The molecule has 0 saturated carbocycles. The van der Waals surface area contributed by atoms with Crippen molar-refractivity contribution in [2.24, 2.45) is 0 Å². The van der Waals surface area contributed by atoms with Gasteiger partial charge in [-0.15, -0.1) is 0 Å². The van der Waals surface area contributed by atoms with Gasteiger partial charge in [-0.05, 0) is 63.2 Å². The van der Waals surface area contributed by atoms with Gasteiger partial charge in [-0.1, -0.05) is 12.1 Å². The lowest BCUT2D eigenvalue weighted by Gasteiger charge is -2.36. The highest BCUT2D eigenvalue weighted by Gasteiger charge is 2.19. The maximum Gasteiger partial charge on any atom is 0.138 e. The van der Waals surface area contributed by atoms with E-state index in [1.165, 1.54) is 0 Å². The van der Waals surface area contributed by atoms with E-state index in [4.69, 9.17) is 15.0 Å². The molecule has 1 saturated heterocycles. The number of anilines is 1. The fraction of sp³-hybridized carbons (Fsp3) is 0.333. The Bertz CT molecular complexity index is 1570. The molecule has 6 rings (SSSR count). The molecule has 0 aromatic carbocycles. The SMILES string of the molecule is Cc1cccc(-c2nc3ccccn3c2-c2ccc3ncc(NCCN4CCN(C(C)C)CC4)cc3n2)n1. The predicted molar refractivity (Wildman–Crippen MR) is 153 cm³/mol. The molecule has 8 heteroatoms. The Morgan fingerprint density at radius 2 is 1.74 bits per heavy atom. The first-order valence-electron chi connectivity index (χ1n) is 13.4. The van der Waals surface area contributed by atoms with Crippen LogP contribution in [-0.2, 0) is 0 Å². The second kappa shape index (κ2) is 10.5. The molecule has 0 atom stereocenters. The van der Waals surface area contributed by atoms with Crippen molar-refractivity contribution in [3.8, 4) is 22.8 Å². The van der Waals surface area contributed by atoms with Crippen LogP contribution in [0.4, 0.5) is 5.69 Å². The van der Waals surface area contributed by atoms with Crippen LogP contribution in [0.3, 0.4) is 0 Å². The van der Waals surface area contributed by atoms with E-state index in [-0.39, 0.29) is 0 Å². The van der Waals surface area contributed by atoms with Crippen molar-refractivity contribution in [1.29, 1.82) is 0 Å². The third-order valence-corrected chi connectivity index (χ3v) is 7.34. The molecular weight excluding hydrogens is 472 g/mol. The standard InChI is InChI=1S/C30H34N8/c1-21(2)37-17-15-36(16-18-37)14-12-31-23-19-27-24(32-20-23)10-11-26(34-27)30-29(25-8-6-7-22(3)33-25)35-28-9-4-5-13-38(28)30/h4-11,13,19-21,31H,12,14-18H2,1-3H3. The van der Waals surface area contributed by atoms with Crippen molar-refractivity contribution in [2.45, 2.75) is 26.8 Å². The van der Waals surface area contributed by atoms with Crippen molar-refractivity contribution in [2.75, 3.05) is 44.6 Å². The summed E-state index contributed by atoms with van der Waals surface area (Å²) < 4.78 is 2.09. The van der Waals surface area contributed by atoms with E-state index in [0.29, 0.717) is 6.04 Å². The van der Waals surface area contributed by atoms with Crippen LogP contribution in [0.5, 0.6) is 0 Å². The summed E-state index contributed by atoms with van der Waals surface area (Å²) in [7, 11) is 0. The number of imidazole rings is 1. The van der Waals surface area contributed by atoms with Crippen molar-refractivity contribution >= 4 is 22.4 Å². The zero-order valence-electron chi connectivity index (χ0n) is 22.3. The number of nitrogens with one attached hydrogen (secondary N) is 1. The molecule has 1 N–H and O–H groups in total. The fourth-order valence-electron chi connectivity index (χ4n) is 5.19. The van der Waals surface area contributed by atoms with Gasteiger partial charge in [0.05, 0.1) is 34.3 Å². The largest absolute Gasteiger partial charge is 0.382 e. The van der Waals surface area contributed by atoms with Gasteiger partial charge in [0.2, 0.25) is 0 Å². The quantitative estimate of drug-likeness (QED) is 0.341. The van der Waals surface area contributed by atoms with E-state index in [2.05, 4.69) is 44.4 Å². The van der Waals surface area contributed by atoms with Gasteiger partial charge < -0.3 is 5.32 Å². The third kappa shape index (κ3) is 4.97. The molecule has 1 aliphatic heterocycles. The van der Waals surface area contributed by atoms with Crippen LogP contribution in [-0.4, -0.2) is 79.4 Å². The number of fused-ring (bicyclic) bond motifs is 2. The lowest BCUT2D eigenvalue weighted by atomic mass is 10.1. The van der Waals surface area contributed by atoms with E-state index in [9.17, 15) is 0 Å². The smallest absolute Gasteiger partial charge is 0.138 e. The summed E-state index contributed by atoms with van der Waals surface area (Å²) in [6.45, 7) is 13.0.